The third-order valence-electron chi connectivity index (χ3n) is 12.0. The van der Waals surface area contributed by atoms with Gasteiger partial charge in [-0.05, 0) is 77.0 Å². The van der Waals surface area contributed by atoms with Crippen LogP contribution >= 0.6 is 0 Å². The molecule has 35 heavy (non-hydrogen) atoms. The molecule has 0 saturated heterocycles. The van der Waals surface area contributed by atoms with Gasteiger partial charge in [0.2, 0.25) is 11.2 Å². The summed E-state index contributed by atoms with van der Waals surface area (Å²) in [6, 6.07) is 16.4. The van der Waals surface area contributed by atoms with Crippen LogP contribution in [0.25, 0.3) is 22.2 Å². The molecule has 1 unspecified atom stereocenters. The molecule has 0 amide bonds. The van der Waals surface area contributed by atoms with E-state index in [1.807, 2.05) is 0 Å². The van der Waals surface area contributed by atoms with Crippen LogP contribution in [-0.4, -0.2) is 0 Å². The molecule has 0 spiro atoms. The molecule has 1 nitrogen and oxygen atoms in total. The van der Waals surface area contributed by atoms with Crippen molar-refractivity contribution in [2.45, 2.75) is 117 Å². The van der Waals surface area contributed by atoms with Crippen LogP contribution in [0.2, 0.25) is 0 Å². The summed E-state index contributed by atoms with van der Waals surface area (Å²) in [6.07, 6.45) is 3.37. The standard InChI is InChI=1S/C34H46N/c1-12-33(11)28-22(4)29-25(30(5,6)32(9,10)31(29,7)8)21-24(28)27-20-19-23-17-15-16-18-26(23)35(27)34(33,13-2)14-3/h15-21H,12-14H2,1-11H3/q+1. The Balaban J connectivity index is 2.04. The van der Waals surface area contributed by atoms with Crippen LogP contribution in [0.1, 0.15) is 111 Å². The van der Waals surface area contributed by atoms with Gasteiger partial charge in [0.25, 0.3) is 0 Å². The van der Waals surface area contributed by atoms with Gasteiger partial charge in [0.1, 0.15) is 0 Å². The predicted molar refractivity (Wildman–Crippen MR) is 150 cm³/mol. The van der Waals surface area contributed by atoms with E-state index in [0.717, 1.165) is 19.3 Å². The number of nitrogens with zero attached hydrogens (tertiary/aromatic N) is 1. The van der Waals surface area contributed by atoms with Gasteiger partial charge in [0, 0.05) is 30.4 Å². The predicted octanol–water partition coefficient (Wildman–Crippen LogP) is 8.89. The molecule has 1 aliphatic carbocycles. The van der Waals surface area contributed by atoms with Crippen molar-refractivity contribution in [3.63, 3.8) is 0 Å². The molecule has 0 radical (unpaired) electrons. The van der Waals surface area contributed by atoms with Gasteiger partial charge in [-0.1, -0.05) is 74.4 Å². The van der Waals surface area contributed by atoms with Gasteiger partial charge >= 0.3 is 0 Å². The summed E-state index contributed by atoms with van der Waals surface area (Å²) < 4.78 is 2.76. The Morgan fingerprint density at radius 1 is 0.714 bits per heavy atom. The minimum Gasteiger partial charge on any atom is -0.185 e. The van der Waals surface area contributed by atoms with Crippen molar-refractivity contribution < 1.29 is 4.57 Å². The largest absolute Gasteiger partial charge is 0.213 e. The maximum Gasteiger partial charge on any atom is 0.213 e. The Bertz CT molecular complexity index is 1350. The van der Waals surface area contributed by atoms with Crippen molar-refractivity contribution in [3.05, 3.63) is 64.7 Å². The number of para-hydroxylation sites is 1. The number of fused-ring (bicyclic) bond motifs is 6. The summed E-state index contributed by atoms with van der Waals surface area (Å²) in [4.78, 5) is 0. The first-order valence-electron chi connectivity index (χ1n) is 13.9. The topological polar surface area (TPSA) is 3.88 Å². The highest BCUT2D eigenvalue weighted by molar-refractivity contribution is 5.80. The van der Waals surface area contributed by atoms with Crippen molar-refractivity contribution in [3.8, 4) is 11.3 Å². The molecule has 186 valence electrons. The first kappa shape index (κ1) is 24.5. The lowest BCUT2D eigenvalue weighted by Crippen LogP contribution is -2.69. The lowest BCUT2D eigenvalue weighted by Gasteiger charge is -2.49. The Hall–Kier alpha value is -2.15. The second kappa shape index (κ2) is 7.21. The molecule has 1 aliphatic heterocycles. The van der Waals surface area contributed by atoms with E-state index in [-0.39, 0.29) is 27.2 Å². The zero-order valence-corrected chi connectivity index (χ0v) is 24.1. The highest BCUT2D eigenvalue weighted by Crippen LogP contribution is 2.65. The van der Waals surface area contributed by atoms with Crippen molar-refractivity contribution in [1.82, 2.24) is 0 Å². The SMILES string of the molecule is CCC1(C)c2c(cc3c(c2C)C(C)(C)C(C)(C)C3(C)C)-c2ccc3ccccc3[n+]2C1(CC)CC. The molecule has 0 N–H and O–H groups in total. The molecule has 3 aromatic rings. The number of hydrogen-bond donors (Lipinski definition) is 0. The maximum atomic E-state index is 2.76. The maximum absolute atomic E-state index is 2.76. The Labute approximate surface area is 214 Å². The summed E-state index contributed by atoms with van der Waals surface area (Å²) in [6.45, 7) is 27.2. The Morgan fingerprint density at radius 2 is 1.34 bits per heavy atom. The smallest absolute Gasteiger partial charge is 0.185 e. The number of aromatic nitrogens is 1. The molecule has 0 saturated carbocycles. The average molecular weight is 469 g/mol. The van der Waals surface area contributed by atoms with Crippen molar-refractivity contribution >= 4 is 10.9 Å². The van der Waals surface area contributed by atoms with Gasteiger partial charge in [-0.25, -0.2) is 0 Å². The number of pyridine rings is 1. The fourth-order valence-electron chi connectivity index (χ4n) is 8.67. The molecule has 2 aromatic carbocycles. The molecule has 1 aromatic heterocycles. The number of rotatable bonds is 3. The van der Waals surface area contributed by atoms with E-state index < -0.39 is 0 Å². The quantitative estimate of drug-likeness (QED) is 0.338. The molecule has 0 bridgehead atoms. The third-order valence-corrected chi connectivity index (χ3v) is 12.0. The van der Waals surface area contributed by atoms with Gasteiger partial charge in [-0.3, -0.25) is 0 Å². The van der Waals surface area contributed by atoms with Crippen LogP contribution in [0.15, 0.2) is 42.5 Å². The van der Waals surface area contributed by atoms with Crippen LogP contribution in [0, 0.1) is 12.3 Å². The Morgan fingerprint density at radius 3 is 1.94 bits per heavy atom. The van der Waals surface area contributed by atoms with Gasteiger partial charge in [-0.2, -0.15) is 4.57 Å². The first-order chi connectivity index (χ1) is 16.3. The van der Waals surface area contributed by atoms with Crippen LogP contribution < -0.4 is 4.57 Å². The van der Waals surface area contributed by atoms with Crippen molar-refractivity contribution in [2.24, 2.45) is 5.41 Å². The monoisotopic (exact) mass is 468 g/mol. The van der Waals surface area contributed by atoms with E-state index >= 15 is 0 Å². The van der Waals surface area contributed by atoms with Crippen molar-refractivity contribution in [1.29, 1.82) is 0 Å². The second-order valence-electron chi connectivity index (χ2n) is 13.3. The lowest BCUT2D eigenvalue weighted by molar-refractivity contribution is -0.747. The molecule has 5 rings (SSSR count). The van der Waals surface area contributed by atoms with E-state index in [9.17, 15) is 0 Å². The van der Waals surface area contributed by atoms with Crippen LogP contribution in [0.5, 0.6) is 0 Å². The van der Waals surface area contributed by atoms with Gasteiger partial charge in [0.05, 0.1) is 11.0 Å². The van der Waals surface area contributed by atoms with Crippen LogP contribution in [0.4, 0.5) is 0 Å². The summed E-state index contributed by atoms with van der Waals surface area (Å²) >= 11 is 0. The number of benzene rings is 2. The molecular formula is C34H46N+. The molecule has 0 fully saturated rings. The second-order valence-corrected chi connectivity index (χ2v) is 13.3. The minimum atomic E-state index is 0.0255. The molecule has 1 heteroatoms. The highest BCUT2D eigenvalue weighted by Gasteiger charge is 2.63. The summed E-state index contributed by atoms with van der Waals surface area (Å²) in [5, 5.41) is 1.34. The molecular weight excluding hydrogens is 422 g/mol. The van der Waals surface area contributed by atoms with Crippen LogP contribution in [0.3, 0.4) is 0 Å². The van der Waals surface area contributed by atoms with Gasteiger partial charge < -0.3 is 0 Å². The zero-order chi connectivity index (χ0) is 25.8. The summed E-state index contributed by atoms with van der Waals surface area (Å²) in [7, 11) is 0. The molecule has 1 atom stereocenters. The highest BCUT2D eigenvalue weighted by atomic mass is 15.1. The van der Waals surface area contributed by atoms with E-state index in [1.54, 1.807) is 22.3 Å². The van der Waals surface area contributed by atoms with E-state index in [1.165, 1.54) is 22.2 Å². The first-order valence-corrected chi connectivity index (χ1v) is 13.9. The van der Waals surface area contributed by atoms with Crippen LogP contribution in [-0.2, 0) is 21.8 Å². The van der Waals surface area contributed by atoms with E-state index in [2.05, 4.69) is 123 Å². The lowest BCUT2D eigenvalue weighted by atomic mass is 9.56. The van der Waals surface area contributed by atoms with E-state index in [4.69, 9.17) is 0 Å². The Kier molecular flexibility index (Phi) is 5.05. The normalized spacial score (nSPS) is 24.7. The molecule has 2 heterocycles. The summed E-state index contributed by atoms with van der Waals surface area (Å²) in [5.74, 6) is 0. The van der Waals surface area contributed by atoms with Crippen molar-refractivity contribution in [2.75, 3.05) is 0 Å². The minimum absolute atomic E-state index is 0.0255. The fraction of sp³-hybridized carbons (Fsp3) is 0.559. The van der Waals surface area contributed by atoms with Gasteiger partial charge in [-0.15, -0.1) is 0 Å². The summed E-state index contributed by atoms with van der Waals surface area (Å²) in [5.41, 5.74) is 11.0. The van der Waals surface area contributed by atoms with E-state index in [0.29, 0.717) is 0 Å². The fourth-order valence-corrected chi connectivity index (χ4v) is 8.67. The van der Waals surface area contributed by atoms with Gasteiger partial charge in [0.15, 0.2) is 5.54 Å². The number of hydrogen-bond acceptors (Lipinski definition) is 0. The third kappa shape index (κ3) is 2.53. The average Bonchev–Trinajstić information content (AvgIpc) is 2.93. The zero-order valence-electron chi connectivity index (χ0n) is 24.1. The molecule has 2 aliphatic rings.